The van der Waals surface area contributed by atoms with Gasteiger partial charge in [-0.15, -0.1) is 0 Å². The molecule has 7 heteroatoms. The predicted molar refractivity (Wildman–Crippen MR) is 167 cm³/mol. The average Bonchev–Trinajstić information content (AvgIpc) is 3.01. The Balaban J connectivity index is 1.49. The Morgan fingerprint density at radius 2 is 1.60 bits per heavy atom. The second kappa shape index (κ2) is 12.6. The number of rotatable bonds is 8. The van der Waals surface area contributed by atoms with Crippen LogP contribution in [0.4, 0.5) is 17.1 Å². The molecule has 1 aliphatic rings. The van der Waals surface area contributed by atoms with Gasteiger partial charge in [-0.1, -0.05) is 61.9 Å². The molecule has 4 aromatic rings. The second-order valence-corrected chi connectivity index (χ2v) is 10.5. The highest BCUT2D eigenvalue weighted by Gasteiger charge is 2.38. The van der Waals surface area contributed by atoms with E-state index in [0.29, 0.717) is 17.5 Å². The molecule has 2 amide bonds. The number of nitrogens with zero attached hydrogens (tertiary/aromatic N) is 3. The molecule has 7 nitrogen and oxygen atoms in total. The summed E-state index contributed by atoms with van der Waals surface area (Å²) < 4.78 is 0. The number of amides is 2. The number of non-ortho nitro benzene ring substituents is 1. The fraction of sp³-hybridized carbons (Fsp3) is 0.200. The van der Waals surface area contributed by atoms with Gasteiger partial charge in [0, 0.05) is 41.2 Å². The van der Waals surface area contributed by atoms with E-state index in [1.165, 1.54) is 23.8 Å². The van der Waals surface area contributed by atoms with Gasteiger partial charge in [-0.2, -0.15) is 0 Å². The van der Waals surface area contributed by atoms with Crippen molar-refractivity contribution >= 4 is 35.0 Å². The number of nitro groups is 1. The first-order chi connectivity index (χ1) is 20.4. The van der Waals surface area contributed by atoms with Gasteiger partial charge in [0.2, 0.25) is 0 Å². The zero-order valence-corrected chi connectivity index (χ0v) is 23.7. The lowest BCUT2D eigenvalue weighted by Crippen LogP contribution is -2.47. The monoisotopic (exact) mass is 559 g/mol. The molecule has 212 valence electrons. The van der Waals surface area contributed by atoms with E-state index >= 15 is 0 Å². The van der Waals surface area contributed by atoms with Crippen LogP contribution in [-0.2, 0) is 11.2 Å². The molecule has 0 N–H and O–H groups in total. The smallest absolute Gasteiger partial charge is 0.269 e. The SMILES string of the molecule is CCCc1ccc(C(=O)N2c3ccccc3[C@@H](N(C(=O)/C=C/c3ccc([N+](=O)[O-])cc3)c3ccccc3)C[C@H]2C)cc1. The summed E-state index contributed by atoms with van der Waals surface area (Å²) in [6, 6.07) is 30.7. The van der Waals surface area contributed by atoms with Crippen molar-refractivity contribution in [2.24, 2.45) is 0 Å². The van der Waals surface area contributed by atoms with Crippen molar-refractivity contribution in [2.45, 2.75) is 45.2 Å². The van der Waals surface area contributed by atoms with Gasteiger partial charge in [-0.05, 0) is 85.0 Å². The first kappa shape index (κ1) is 28.5. The number of nitro benzene ring substituents is 1. The lowest BCUT2D eigenvalue weighted by molar-refractivity contribution is -0.384. The van der Waals surface area contributed by atoms with Crippen LogP contribution in [0.1, 0.15) is 59.8 Å². The average molecular weight is 560 g/mol. The molecule has 0 unspecified atom stereocenters. The Morgan fingerprint density at radius 1 is 0.929 bits per heavy atom. The van der Waals surface area contributed by atoms with Crippen LogP contribution < -0.4 is 9.80 Å². The Morgan fingerprint density at radius 3 is 2.26 bits per heavy atom. The van der Waals surface area contributed by atoms with Crippen molar-refractivity contribution in [2.75, 3.05) is 9.80 Å². The number of carbonyl (C=O) groups is 2. The van der Waals surface area contributed by atoms with Crippen molar-refractivity contribution < 1.29 is 14.5 Å². The number of fused-ring (bicyclic) bond motifs is 1. The predicted octanol–water partition coefficient (Wildman–Crippen LogP) is 7.77. The Hall–Kier alpha value is -5.04. The summed E-state index contributed by atoms with van der Waals surface area (Å²) >= 11 is 0. The highest BCUT2D eigenvalue weighted by molar-refractivity contribution is 6.08. The van der Waals surface area contributed by atoms with E-state index in [1.54, 1.807) is 23.1 Å². The quantitative estimate of drug-likeness (QED) is 0.125. The summed E-state index contributed by atoms with van der Waals surface area (Å²) in [7, 11) is 0. The minimum Gasteiger partial charge on any atom is -0.305 e. The summed E-state index contributed by atoms with van der Waals surface area (Å²) in [4.78, 5) is 41.9. The molecule has 0 bridgehead atoms. The number of para-hydroxylation sites is 2. The van der Waals surface area contributed by atoms with Gasteiger partial charge in [-0.25, -0.2) is 0 Å². The Kier molecular flexibility index (Phi) is 8.58. The van der Waals surface area contributed by atoms with Crippen molar-refractivity contribution in [1.29, 1.82) is 0 Å². The molecule has 0 aliphatic carbocycles. The third-order valence-electron chi connectivity index (χ3n) is 7.62. The van der Waals surface area contributed by atoms with Gasteiger partial charge >= 0.3 is 0 Å². The maximum absolute atomic E-state index is 13.9. The van der Waals surface area contributed by atoms with Crippen molar-refractivity contribution in [3.8, 4) is 0 Å². The minimum atomic E-state index is -0.451. The van der Waals surface area contributed by atoms with E-state index in [9.17, 15) is 19.7 Å². The largest absolute Gasteiger partial charge is 0.305 e. The zero-order valence-electron chi connectivity index (χ0n) is 23.7. The van der Waals surface area contributed by atoms with E-state index in [1.807, 2.05) is 90.7 Å². The highest BCUT2D eigenvalue weighted by Crippen LogP contribution is 2.43. The maximum atomic E-state index is 13.9. The second-order valence-electron chi connectivity index (χ2n) is 10.5. The molecule has 0 saturated carbocycles. The highest BCUT2D eigenvalue weighted by atomic mass is 16.6. The summed E-state index contributed by atoms with van der Waals surface area (Å²) in [5.74, 6) is -0.287. The molecule has 0 aromatic heterocycles. The van der Waals surface area contributed by atoms with Gasteiger partial charge in [0.25, 0.3) is 17.5 Å². The van der Waals surface area contributed by atoms with E-state index in [2.05, 4.69) is 6.92 Å². The molecule has 0 radical (unpaired) electrons. The first-order valence-corrected chi connectivity index (χ1v) is 14.2. The molecule has 5 rings (SSSR count). The molecule has 1 heterocycles. The first-order valence-electron chi connectivity index (χ1n) is 14.2. The number of benzene rings is 4. The van der Waals surface area contributed by atoms with Gasteiger partial charge in [-0.3, -0.25) is 19.7 Å². The topological polar surface area (TPSA) is 83.8 Å². The van der Waals surface area contributed by atoms with Crippen LogP contribution in [0, 0.1) is 10.1 Å². The molecular weight excluding hydrogens is 526 g/mol. The van der Waals surface area contributed by atoms with Crippen LogP contribution in [0.25, 0.3) is 6.08 Å². The summed E-state index contributed by atoms with van der Waals surface area (Å²) in [6.07, 6.45) is 5.73. The fourth-order valence-electron chi connectivity index (χ4n) is 5.58. The maximum Gasteiger partial charge on any atom is 0.269 e. The van der Waals surface area contributed by atoms with Crippen LogP contribution >= 0.6 is 0 Å². The van der Waals surface area contributed by atoms with E-state index in [-0.39, 0.29) is 29.6 Å². The molecule has 0 saturated heterocycles. The Labute approximate surface area is 245 Å². The normalized spacial score (nSPS) is 16.2. The van der Waals surface area contributed by atoms with Crippen LogP contribution in [0.3, 0.4) is 0 Å². The lowest BCUT2D eigenvalue weighted by atomic mass is 9.89. The van der Waals surface area contributed by atoms with E-state index < -0.39 is 4.92 Å². The summed E-state index contributed by atoms with van der Waals surface area (Å²) in [5.41, 5.74) is 4.95. The van der Waals surface area contributed by atoms with Crippen molar-refractivity contribution in [3.05, 3.63) is 142 Å². The molecule has 4 aromatic carbocycles. The van der Waals surface area contributed by atoms with E-state index in [4.69, 9.17) is 0 Å². The number of aryl methyl sites for hydroxylation is 1. The fourth-order valence-corrected chi connectivity index (χ4v) is 5.58. The summed E-state index contributed by atoms with van der Waals surface area (Å²) in [6.45, 7) is 4.16. The molecule has 1 aliphatic heterocycles. The number of hydrogen-bond acceptors (Lipinski definition) is 4. The van der Waals surface area contributed by atoms with Crippen LogP contribution in [0.2, 0.25) is 0 Å². The summed E-state index contributed by atoms with van der Waals surface area (Å²) in [5, 5.41) is 11.0. The van der Waals surface area contributed by atoms with Crippen LogP contribution in [0.5, 0.6) is 0 Å². The van der Waals surface area contributed by atoms with E-state index in [0.717, 1.165) is 29.8 Å². The number of hydrogen-bond donors (Lipinski definition) is 0. The van der Waals surface area contributed by atoms with Gasteiger partial charge in [0.15, 0.2) is 0 Å². The van der Waals surface area contributed by atoms with Crippen molar-refractivity contribution in [1.82, 2.24) is 0 Å². The zero-order chi connectivity index (χ0) is 29.6. The lowest BCUT2D eigenvalue weighted by Gasteiger charge is -2.43. The third-order valence-corrected chi connectivity index (χ3v) is 7.62. The minimum absolute atomic E-state index is 0.00630. The molecule has 0 spiro atoms. The molecular formula is C35H33N3O4. The number of carbonyl (C=O) groups excluding carboxylic acids is 2. The Bertz CT molecular complexity index is 1600. The van der Waals surface area contributed by atoms with Crippen molar-refractivity contribution in [3.63, 3.8) is 0 Å². The van der Waals surface area contributed by atoms with Crippen LogP contribution in [-0.4, -0.2) is 22.8 Å². The van der Waals surface area contributed by atoms with Gasteiger partial charge < -0.3 is 9.80 Å². The number of anilines is 2. The van der Waals surface area contributed by atoms with Gasteiger partial charge in [0.1, 0.15) is 0 Å². The molecule has 42 heavy (non-hydrogen) atoms. The molecule has 0 fully saturated rings. The molecule has 2 atom stereocenters. The van der Waals surface area contributed by atoms with Crippen LogP contribution in [0.15, 0.2) is 109 Å². The van der Waals surface area contributed by atoms with Gasteiger partial charge in [0.05, 0.1) is 11.0 Å². The standard InChI is InChI=1S/C35H33N3O4/c1-3-9-26-14-19-28(20-15-26)35(40)36-25(2)24-33(31-12-7-8-13-32(31)36)37(29-10-5-4-6-11-29)34(39)23-18-27-16-21-30(22-17-27)38(41)42/h4-8,10-23,25,33H,3,9,24H2,1-2H3/b23-18+/t25-,33+/m1/s1. The third kappa shape index (κ3) is 6.00.